The molecule has 0 spiro atoms. The summed E-state index contributed by atoms with van der Waals surface area (Å²) in [7, 11) is 0. The molecule has 0 fully saturated rings. The second-order valence-corrected chi connectivity index (χ2v) is 10.3. The van der Waals surface area contributed by atoms with Crippen molar-refractivity contribution in [3.8, 4) is 17.1 Å². The Labute approximate surface area is 229 Å². The standard InChI is InChI=1S/C36H22N4/c1-3-13-26-24(12-1)30(21-22-34(26)39-31-18-8-6-15-27(31)28-16-7-9-19-32(28)39)36-38-37-35-29-17-4-2-11-23(29)25-14-5-10-20-33(25)40(35)36/h1-22H. The van der Waals surface area contributed by atoms with Crippen molar-refractivity contribution in [3.63, 3.8) is 0 Å². The van der Waals surface area contributed by atoms with Gasteiger partial charge in [0.15, 0.2) is 11.5 Å². The van der Waals surface area contributed by atoms with Crippen LogP contribution in [0, 0.1) is 0 Å². The summed E-state index contributed by atoms with van der Waals surface area (Å²) in [6.45, 7) is 0. The molecule has 4 heteroatoms. The first-order valence-electron chi connectivity index (χ1n) is 13.5. The van der Waals surface area contributed by atoms with Gasteiger partial charge >= 0.3 is 0 Å². The lowest BCUT2D eigenvalue weighted by molar-refractivity contribution is 1.12. The van der Waals surface area contributed by atoms with Crippen LogP contribution in [0.1, 0.15) is 0 Å². The maximum Gasteiger partial charge on any atom is 0.169 e. The van der Waals surface area contributed by atoms with Gasteiger partial charge in [0, 0.05) is 32.5 Å². The minimum atomic E-state index is 0.849. The van der Waals surface area contributed by atoms with Gasteiger partial charge in [-0.15, -0.1) is 10.2 Å². The number of aromatic nitrogens is 4. The fourth-order valence-corrected chi connectivity index (χ4v) is 6.53. The molecule has 3 aromatic heterocycles. The molecular weight excluding hydrogens is 488 g/mol. The smallest absolute Gasteiger partial charge is 0.169 e. The van der Waals surface area contributed by atoms with Gasteiger partial charge in [-0.05, 0) is 41.1 Å². The van der Waals surface area contributed by atoms with E-state index in [4.69, 9.17) is 10.2 Å². The molecule has 186 valence electrons. The highest BCUT2D eigenvalue weighted by atomic mass is 15.2. The third kappa shape index (κ3) is 2.79. The van der Waals surface area contributed by atoms with Gasteiger partial charge in [0.1, 0.15) is 0 Å². The summed E-state index contributed by atoms with van der Waals surface area (Å²) in [6, 6.07) is 47.4. The van der Waals surface area contributed by atoms with E-state index in [1.807, 2.05) is 0 Å². The Morgan fingerprint density at radius 3 is 1.55 bits per heavy atom. The van der Waals surface area contributed by atoms with Crippen LogP contribution in [0.2, 0.25) is 0 Å². The molecule has 9 rings (SSSR count). The first-order chi connectivity index (χ1) is 19.9. The van der Waals surface area contributed by atoms with Crippen molar-refractivity contribution in [1.29, 1.82) is 0 Å². The molecule has 0 atom stereocenters. The van der Waals surface area contributed by atoms with Gasteiger partial charge < -0.3 is 4.57 Å². The average Bonchev–Trinajstić information content (AvgIpc) is 3.61. The van der Waals surface area contributed by atoms with Crippen molar-refractivity contribution in [1.82, 2.24) is 19.2 Å². The van der Waals surface area contributed by atoms with E-state index in [0.29, 0.717) is 0 Å². The maximum atomic E-state index is 4.81. The third-order valence-electron chi connectivity index (χ3n) is 8.23. The first-order valence-corrected chi connectivity index (χ1v) is 13.5. The number of hydrogen-bond donors (Lipinski definition) is 0. The molecule has 0 aliphatic carbocycles. The molecule has 6 aromatic carbocycles. The summed E-state index contributed by atoms with van der Waals surface area (Å²) < 4.78 is 4.61. The van der Waals surface area contributed by atoms with Crippen molar-refractivity contribution in [2.75, 3.05) is 0 Å². The van der Waals surface area contributed by atoms with E-state index >= 15 is 0 Å². The molecule has 0 unspecified atom stereocenters. The van der Waals surface area contributed by atoms with Crippen LogP contribution in [0.4, 0.5) is 0 Å². The minimum Gasteiger partial charge on any atom is -0.309 e. The Morgan fingerprint density at radius 1 is 0.375 bits per heavy atom. The molecule has 4 nitrogen and oxygen atoms in total. The van der Waals surface area contributed by atoms with Gasteiger partial charge in [-0.2, -0.15) is 0 Å². The summed E-state index contributed by atoms with van der Waals surface area (Å²) in [5.41, 5.74) is 6.60. The Morgan fingerprint density at radius 2 is 0.875 bits per heavy atom. The summed E-state index contributed by atoms with van der Waals surface area (Å²) in [6.07, 6.45) is 0. The Hall–Kier alpha value is -5.48. The lowest BCUT2D eigenvalue weighted by Crippen LogP contribution is -1.98. The average molecular weight is 511 g/mol. The molecule has 3 heterocycles. The number of nitrogens with zero attached hydrogens (tertiary/aromatic N) is 4. The highest BCUT2D eigenvalue weighted by molar-refractivity contribution is 6.14. The number of pyridine rings is 1. The number of hydrogen-bond acceptors (Lipinski definition) is 2. The molecule has 0 amide bonds. The molecule has 0 saturated carbocycles. The molecule has 0 N–H and O–H groups in total. The molecule has 0 aliphatic rings. The zero-order valence-corrected chi connectivity index (χ0v) is 21.5. The zero-order chi connectivity index (χ0) is 26.2. The van der Waals surface area contributed by atoms with Crippen LogP contribution in [0.25, 0.3) is 77.0 Å². The van der Waals surface area contributed by atoms with Gasteiger partial charge in [-0.25, -0.2) is 0 Å². The van der Waals surface area contributed by atoms with Gasteiger partial charge in [-0.1, -0.05) is 103 Å². The predicted octanol–water partition coefficient (Wildman–Crippen LogP) is 8.95. The van der Waals surface area contributed by atoms with E-state index in [2.05, 4.69) is 142 Å². The van der Waals surface area contributed by atoms with Crippen LogP contribution in [0.3, 0.4) is 0 Å². The normalized spacial score (nSPS) is 12.0. The molecule has 0 radical (unpaired) electrons. The monoisotopic (exact) mass is 510 g/mol. The van der Waals surface area contributed by atoms with Crippen LogP contribution in [-0.2, 0) is 0 Å². The van der Waals surface area contributed by atoms with Gasteiger partial charge in [-0.3, -0.25) is 4.40 Å². The second-order valence-electron chi connectivity index (χ2n) is 10.3. The van der Waals surface area contributed by atoms with Crippen LogP contribution < -0.4 is 0 Å². The largest absolute Gasteiger partial charge is 0.309 e. The van der Waals surface area contributed by atoms with Crippen molar-refractivity contribution in [2.45, 2.75) is 0 Å². The Balaban J connectivity index is 1.39. The molecule has 0 saturated heterocycles. The number of benzene rings is 6. The van der Waals surface area contributed by atoms with E-state index in [1.165, 1.54) is 38.0 Å². The van der Waals surface area contributed by atoms with E-state index < -0.39 is 0 Å². The SMILES string of the molecule is c1ccc2c(-n3c4ccccc4c4ccccc43)ccc(-c3nnc4c5ccccc5c5ccccc5n34)c2c1. The van der Waals surface area contributed by atoms with Crippen molar-refractivity contribution >= 4 is 59.9 Å². The second kappa shape index (κ2) is 8.01. The van der Waals surface area contributed by atoms with Gasteiger partial charge in [0.2, 0.25) is 0 Å². The summed E-state index contributed by atoms with van der Waals surface area (Å²) >= 11 is 0. The van der Waals surface area contributed by atoms with Crippen molar-refractivity contribution < 1.29 is 0 Å². The predicted molar refractivity (Wildman–Crippen MR) is 165 cm³/mol. The number of rotatable bonds is 2. The highest BCUT2D eigenvalue weighted by Crippen LogP contribution is 2.39. The van der Waals surface area contributed by atoms with Crippen molar-refractivity contribution in [3.05, 3.63) is 133 Å². The topological polar surface area (TPSA) is 35.1 Å². The Kier molecular flexibility index (Phi) is 4.30. The summed E-state index contributed by atoms with van der Waals surface area (Å²) in [4.78, 5) is 0. The van der Waals surface area contributed by atoms with E-state index in [1.54, 1.807) is 0 Å². The first kappa shape index (κ1) is 21.5. The summed E-state index contributed by atoms with van der Waals surface area (Å²) in [5.74, 6) is 0.849. The maximum absolute atomic E-state index is 4.81. The quantitative estimate of drug-likeness (QED) is 0.218. The van der Waals surface area contributed by atoms with Gasteiger partial charge in [0.05, 0.1) is 22.2 Å². The fourth-order valence-electron chi connectivity index (χ4n) is 6.53. The van der Waals surface area contributed by atoms with E-state index in [9.17, 15) is 0 Å². The number of fused-ring (bicyclic) bond motifs is 10. The van der Waals surface area contributed by atoms with Gasteiger partial charge in [0.25, 0.3) is 0 Å². The van der Waals surface area contributed by atoms with Crippen molar-refractivity contribution in [2.24, 2.45) is 0 Å². The van der Waals surface area contributed by atoms with Crippen LogP contribution in [0.5, 0.6) is 0 Å². The lowest BCUT2D eigenvalue weighted by Gasteiger charge is -2.15. The van der Waals surface area contributed by atoms with Crippen LogP contribution in [-0.4, -0.2) is 19.2 Å². The molecule has 40 heavy (non-hydrogen) atoms. The summed E-state index contributed by atoms with van der Waals surface area (Å²) in [5, 5.41) is 17.9. The Bertz CT molecular complexity index is 2390. The van der Waals surface area contributed by atoms with E-state index in [0.717, 1.165) is 39.0 Å². The molecule has 0 aliphatic heterocycles. The molecular formula is C36H22N4. The molecule has 9 aromatic rings. The number of para-hydroxylation sites is 3. The van der Waals surface area contributed by atoms with Crippen LogP contribution >= 0.6 is 0 Å². The zero-order valence-electron chi connectivity index (χ0n) is 21.5. The third-order valence-corrected chi connectivity index (χ3v) is 8.23. The fraction of sp³-hybridized carbons (Fsp3) is 0. The highest BCUT2D eigenvalue weighted by Gasteiger charge is 2.19. The van der Waals surface area contributed by atoms with Crippen LogP contribution in [0.15, 0.2) is 133 Å². The minimum absolute atomic E-state index is 0.849. The lowest BCUT2D eigenvalue weighted by atomic mass is 10.0. The molecule has 0 bridgehead atoms. The van der Waals surface area contributed by atoms with E-state index in [-0.39, 0.29) is 0 Å².